The largest absolute Gasteiger partial charge is 0.392 e. The van der Waals surface area contributed by atoms with Crippen LogP contribution in [0.25, 0.3) is 0 Å². The van der Waals surface area contributed by atoms with Gasteiger partial charge in [-0.2, -0.15) is 0 Å². The Morgan fingerprint density at radius 2 is 2.21 bits per heavy atom. The predicted molar refractivity (Wildman–Crippen MR) is 51.2 cm³/mol. The van der Waals surface area contributed by atoms with E-state index in [4.69, 9.17) is 0 Å². The number of aliphatic hydroxyl groups is 1. The van der Waals surface area contributed by atoms with Crippen molar-refractivity contribution < 1.29 is 9.90 Å². The summed E-state index contributed by atoms with van der Waals surface area (Å²) in [5, 5.41) is 12.2. The van der Waals surface area contributed by atoms with Gasteiger partial charge in [-0.15, -0.1) is 0 Å². The van der Waals surface area contributed by atoms with Gasteiger partial charge in [-0.25, -0.2) is 0 Å². The first kappa shape index (κ1) is 9.23. The number of nitrogens with zero attached hydrogens (tertiary/aromatic N) is 1. The molecule has 1 fully saturated rings. The lowest BCUT2D eigenvalue weighted by Gasteiger charge is -2.11. The van der Waals surface area contributed by atoms with Crippen molar-refractivity contribution in [3.63, 3.8) is 0 Å². The van der Waals surface area contributed by atoms with Gasteiger partial charge in [-0.05, 0) is 18.6 Å². The van der Waals surface area contributed by atoms with Crippen molar-refractivity contribution in [1.29, 1.82) is 0 Å². The molecule has 0 bridgehead atoms. The fraction of sp³-hybridized carbons (Fsp3) is 0.444. The second-order valence-electron chi connectivity index (χ2n) is 3.42. The maximum absolute atomic E-state index is 11.6. The number of aliphatic hydroxyl groups excluding tert-OH is 1. The van der Waals surface area contributed by atoms with E-state index in [-0.39, 0.29) is 11.9 Å². The molecule has 0 radical (unpaired) electrons. The van der Waals surface area contributed by atoms with Crippen molar-refractivity contribution in [2.75, 3.05) is 12.0 Å². The number of β-amino-alcohol motifs (C(OH)–C–C–N with tert-alkyl or cyclic N) is 1. The second kappa shape index (κ2) is 3.81. The number of nitrogens with one attached hydrogen (secondary N) is 2. The SMILES string of the molecule is O=C(Nn1cccc1)C1CC(O)CN1. The molecule has 0 saturated carbocycles. The number of carbonyl (C=O) groups is 1. The summed E-state index contributed by atoms with van der Waals surface area (Å²) in [5.41, 5.74) is 2.69. The highest BCUT2D eigenvalue weighted by Crippen LogP contribution is 2.06. The van der Waals surface area contributed by atoms with Gasteiger partial charge in [0.25, 0.3) is 5.91 Å². The van der Waals surface area contributed by atoms with E-state index in [1.54, 1.807) is 17.1 Å². The van der Waals surface area contributed by atoms with Gasteiger partial charge in [-0.1, -0.05) is 0 Å². The van der Waals surface area contributed by atoms with Gasteiger partial charge in [-0.3, -0.25) is 14.9 Å². The molecule has 5 heteroatoms. The highest BCUT2D eigenvalue weighted by atomic mass is 16.3. The van der Waals surface area contributed by atoms with Crippen molar-refractivity contribution in [2.24, 2.45) is 0 Å². The molecule has 5 nitrogen and oxygen atoms in total. The normalized spacial score (nSPS) is 26.4. The van der Waals surface area contributed by atoms with Crippen LogP contribution in [0.2, 0.25) is 0 Å². The zero-order valence-corrected chi connectivity index (χ0v) is 7.68. The summed E-state index contributed by atoms with van der Waals surface area (Å²) in [7, 11) is 0. The third-order valence-electron chi connectivity index (χ3n) is 2.27. The van der Waals surface area contributed by atoms with Crippen LogP contribution in [0.4, 0.5) is 0 Å². The standard InChI is InChI=1S/C9H13N3O2/c13-7-5-8(10-6-7)9(14)11-12-3-1-2-4-12/h1-4,7-8,10,13H,5-6H2,(H,11,14). The van der Waals surface area contributed by atoms with Crippen LogP contribution >= 0.6 is 0 Å². The second-order valence-corrected chi connectivity index (χ2v) is 3.42. The van der Waals surface area contributed by atoms with Crippen molar-refractivity contribution in [1.82, 2.24) is 9.99 Å². The van der Waals surface area contributed by atoms with E-state index in [1.807, 2.05) is 12.1 Å². The monoisotopic (exact) mass is 195 g/mol. The van der Waals surface area contributed by atoms with Gasteiger partial charge in [0.2, 0.25) is 0 Å². The third kappa shape index (κ3) is 1.94. The summed E-state index contributed by atoms with van der Waals surface area (Å²) in [4.78, 5) is 11.6. The first-order chi connectivity index (χ1) is 6.75. The van der Waals surface area contributed by atoms with Gasteiger partial charge in [0, 0.05) is 18.9 Å². The first-order valence-electron chi connectivity index (χ1n) is 4.61. The first-order valence-corrected chi connectivity index (χ1v) is 4.61. The lowest BCUT2D eigenvalue weighted by molar-refractivity contribution is -0.118. The molecule has 1 aromatic heterocycles. The number of amides is 1. The molecule has 2 rings (SSSR count). The van der Waals surface area contributed by atoms with Crippen molar-refractivity contribution in [3.8, 4) is 0 Å². The molecular formula is C9H13N3O2. The third-order valence-corrected chi connectivity index (χ3v) is 2.27. The highest BCUT2D eigenvalue weighted by molar-refractivity contribution is 5.89. The van der Waals surface area contributed by atoms with Crippen LogP contribution in [0.1, 0.15) is 6.42 Å². The van der Waals surface area contributed by atoms with E-state index in [9.17, 15) is 9.90 Å². The number of hydrogen-bond acceptors (Lipinski definition) is 3. The molecule has 2 atom stereocenters. The Hall–Kier alpha value is -1.33. The summed E-state index contributed by atoms with van der Waals surface area (Å²) >= 11 is 0. The Balaban J connectivity index is 1.90. The van der Waals surface area contributed by atoms with E-state index >= 15 is 0 Å². The Labute approximate surface area is 81.7 Å². The molecular weight excluding hydrogens is 182 g/mol. The van der Waals surface area contributed by atoms with Crippen molar-refractivity contribution >= 4 is 5.91 Å². The smallest absolute Gasteiger partial charge is 0.256 e. The fourth-order valence-electron chi connectivity index (χ4n) is 1.53. The quantitative estimate of drug-likeness (QED) is 0.583. The van der Waals surface area contributed by atoms with Crippen LogP contribution < -0.4 is 10.7 Å². The minimum absolute atomic E-state index is 0.113. The maximum Gasteiger partial charge on any atom is 0.256 e. The summed E-state index contributed by atoms with van der Waals surface area (Å²) in [6.45, 7) is 0.490. The summed E-state index contributed by atoms with van der Waals surface area (Å²) < 4.78 is 1.59. The Morgan fingerprint density at radius 1 is 1.50 bits per heavy atom. The predicted octanol–water partition coefficient (Wildman–Crippen LogP) is -0.719. The lowest BCUT2D eigenvalue weighted by Crippen LogP contribution is -2.38. The van der Waals surface area contributed by atoms with Crippen LogP contribution in [0, 0.1) is 0 Å². The Bertz CT molecular complexity index is 310. The molecule has 14 heavy (non-hydrogen) atoms. The minimum atomic E-state index is -0.407. The number of hydrogen-bond donors (Lipinski definition) is 3. The number of carbonyl (C=O) groups excluding carboxylic acids is 1. The fourth-order valence-corrected chi connectivity index (χ4v) is 1.53. The van der Waals surface area contributed by atoms with E-state index in [1.165, 1.54) is 0 Å². The maximum atomic E-state index is 11.6. The molecule has 1 aliphatic rings. The average molecular weight is 195 g/mol. The molecule has 1 aliphatic heterocycles. The van der Waals surface area contributed by atoms with E-state index in [2.05, 4.69) is 10.7 Å². The molecule has 1 saturated heterocycles. The molecule has 3 N–H and O–H groups in total. The molecule has 0 aromatic carbocycles. The van der Waals surface area contributed by atoms with Gasteiger partial charge in [0.15, 0.2) is 0 Å². The zero-order valence-electron chi connectivity index (χ0n) is 7.68. The molecule has 2 unspecified atom stereocenters. The Morgan fingerprint density at radius 3 is 2.79 bits per heavy atom. The van der Waals surface area contributed by atoms with E-state index in [0.29, 0.717) is 13.0 Å². The molecule has 1 aromatic rings. The van der Waals surface area contributed by atoms with E-state index < -0.39 is 6.10 Å². The van der Waals surface area contributed by atoms with Crippen LogP contribution in [-0.2, 0) is 4.79 Å². The molecule has 1 amide bonds. The van der Waals surface area contributed by atoms with Crippen LogP contribution in [0.15, 0.2) is 24.5 Å². The van der Waals surface area contributed by atoms with Gasteiger partial charge in [0.05, 0.1) is 12.1 Å². The topological polar surface area (TPSA) is 66.3 Å². The summed E-state index contributed by atoms with van der Waals surface area (Å²) in [6, 6.07) is 3.38. The van der Waals surface area contributed by atoms with E-state index in [0.717, 1.165) is 0 Å². The number of aromatic nitrogens is 1. The van der Waals surface area contributed by atoms with Crippen LogP contribution in [-0.4, -0.2) is 34.4 Å². The highest BCUT2D eigenvalue weighted by Gasteiger charge is 2.27. The van der Waals surface area contributed by atoms with Crippen molar-refractivity contribution in [2.45, 2.75) is 18.6 Å². The van der Waals surface area contributed by atoms with Gasteiger partial charge >= 0.3 is 0 Å². The molecule has 0 aliphatic carbocycles. The molecule has 2 heterocycles. The lowest BCUT2D eigenvalue weighted by atomic mass is 10.2. The van der Waals surface area contributed by atoms with Gasteiger partial charge in [0.1, 0.15) is 0 Å². The van der Waals surface area contributed by atoms with Gasteiger partial charge < -0.3 is 10.4 Å². The Kier molecular flexibility index (Phi) is 2.51. The van der Waals surface area contributed by atoms with Crippen LogP contribution in [0.3, 0.4) is 0 Å². The minimum Gasteiger partial charge on any atom is -0.392 e. The van der Waals surface area contributed by atoms with Crippen molar-refractivity contribution in [3.05, 3.63) is 24.5 Å². The summed E-state index contributed by atoms with van der Waals surface area (Å²) in [5.74, 6) is -0.113. The molecule has 76 valence electrons. The van der Waals surface area contributed by atoms with Crippen LogP contribution in [0.5, 0.6) is 0 Å². The zero-order chi connectivity index (χ0) is 9.97. The average Bonchev–Trinajstić information content (AvgIpc) is 2.75. The molecule has 0 spiro atoms. The summed E-state index contributed by atoms with van der Waals surface area (Å²) in [6.07, 6.45) is 3.58. The number of rotatable bonds is 2.